The third kappa shape index (κ3) is 1.62. The van der Waals surface area contributed by atoms with Crippen LogP contribution in [0.2, 0.25) is 0 Å². The Hall–Kier alpha value is -2.07. The van der Waals surface area contributed by atoms with Crippen molar-refractivity contribution in [2.24, 2.45) is 5.73 Å². The van der Waals surface area contributed by atoms with Gasteiger partial charge in [0.1, 0.15) is 0 Å². The van der Waals surface area contributed by atoms with Crippen molar-refractivity contribution in [3.8, 4) is 11.3 Å². The van der Waals surface area contributed by atoms with Crippen molar-refractivity contribution in [1.29, 1.82) is 0 Å². The standard InChI is InChI=1S/C13H14N4/c14-5-6-17-9-15-8-13(17)11-7-16-12-4-2-1-3-10(11)12/h1-4,7-9,16H,5-6,14H2. The van der Waals surface area contributed by atoms with E-state index in [9.17, 15) is 0 Å². The minimum Gasteiger partial charge on any atom is -0.360 e. The zero-order valence-electron chi connectivity index (χ0n) is 9.43. The van der Waals surface area contributed by atoms with Crippen LogP contribution in [0.3, 0.4) is 0 Å². The fourth-order valence-corrected chi connectivity index (χ4v) is 2.15. The number of fused-ring (bicyclic) bond motifs is 1. The molecule has 0 unspecified atom stereocenters. The largest absolute Gasteiger partial charge is 0.360 e. The molecule has 0 bridgehead atoms. The maximum absolute atomic E-state index is 5.60. The fourth-order valence-electron chi connectivity index (χ4n) is 2.15. The van der Waals surface area contributed by atoms with E-state index in [1.165, 1.54) is 10.9 Å². The monoisotopic (exact) mass is 226 g/mol. The second kappa shape index (κ2) is 4.07. The summed E-state index contributed by atoms with van der Waals surface area (Å²) in [6, 6.07) is 8.26. The molecule has 4 heteroatoms. The van der Waals surface area contributed by atoms with E-state index in [4.69, 9.17) is 5.73 Å². The molecule has 0 atom stereocenters. The summed E-state index contributed by atoms with van der Waals surface area (Å²) in [5, 5.41) is 1.21. The molecule has 4 nitrogen and oxygen atoms in total. The Balaban J connectivity index is 2.17. The zero-order valence-corrected chi connectivity index (χ0v) is 9.43. The smallest absolute Gasteiger partial charge is 0.0951 e. The number of aromatic amines is 1. The number of aromatic nitrogens is 3. The molecule has 1 aromatic carbocycles. The zero-order chi connectivity index (χ0) is 11.7. The van der Waals surface area contributed by atoms with Gasteiger partial charge in [-0.1, -0.05) is 18.2 Å². The van der Waals surface area contributed by atoms with E-state index in [0.717, 1.165) is 17.8 Å². The number of nitrogens with zero attached hydrogens (tertiary/aromatic N) is 2. The molecule has 3 N–H and O–H groups in total. The molecule has 3 rings (SSSR count). The minimum absolute atomic E-state index is 0.617. The van der Waals surface area contributed by atoms with Gasteiger partial charge in [-0.2, -0.15) is 0 Å². The number of rotatable bonds is 3. The SMILES string of the molecule is NCCn1cncc1-c1c[nH]c2ccccc12. The molecule has 0 fully saturated rings. The number of nitrogens with one attached hydrogen (secondary N) is 1. The van der Waals surface area contributed by atoms with Crippen molar-refractivity contribution in [2.75, 3.05) is 6.54 Å². The first-order chi connectivity index (χ1) is 8.40. The Kier molecular flexibility index (Phi) is 2.42. The van der Waals surface area contributed by atoms with Crippen LogP contribution in [-0.4, -0.2) is 21.1 Å². The van der Waals surface area contributed by atoms with Gasteiger partial charge in [0, 0.05) is 35.8 Å². The summed E-state index contributed by atoms with van der Waals surface area (Å²) in [7, 11) is 0. The Morgan fingerprint density at radius 1 is 1.29 bits per heavy atom. The average molecular weight is 226 g/mol. The molecule has 86 valence electrons. The van der Waals surface area contributed by atoms with E-state index in [2.05, 4.69) is 26.7 Å². The Bertz CT molecular complexity index is 635. The highest BCUT2D eigenvalue weighted by Crippen LogP contribution is 2.27. The molecule has 0 aliphatic carbocycles. The Morgan fingerprint density at radius 2 is 2.18 bits per heavy atom. The summed E-state index contributed by atoms with van der Waals surface area (Å²) < 4.78 is 2.08. The molecule has 17 heavy (non-hydrogen) atoms. The average Bonchev–Trinajstić information content (AvgIpc) is 2.95. The second-order valence-electron chi connectivity index (χ2n) is 4.01. The lowest BCUT2D eigenvalue weighted by Crippen LogP contribution is -2.09. The van der Waals surface area contributed by atoms with Crippen LogP contribution in [0.5, 0.6) is 0 Å². The van der Waals surface area contributed by atoms with Crippen LogP contribution in [0.15, 0.2) is 43.0 Å². The molecule has 0 amide bonds. The highest BCUT2D eigenvalue weighted by Gasteiger charge is 2.09. The maximum Gasteiger partial charge on any atom is 0.0951 e. The first kappa shape index (κ1) is 10.1. The number of benzene rings is 1. The molecule has 2 aromatic heterocycles. The molecule has 0 aliphatic rings. The van der Waals surface area contributed by atoms with Crippen LogP contribution >= 0.6 is 0 Å². The molecule has 3 aromatic rings. The predicted molar refractivity (Wildman–Crippen MR) is 68.6 cm³/mol. The van der Waals surface area contributed by atoms with Crippen LogP contribution < -0.4 is 5.73 Å². The van der Waals surface area contributed by atoms with Crippen LogP contribution in [-0.2, 0) is 6.54 Å². The Morgan fingerprint density at radius 3 is 3.06 bits per heavy atom. The van der Waals surface area contributed by atoms with Gasteiger partial charge in [0.05, 0.1) is 18.2 Å². The molecular weight excluding hydrogens is 212 g/mol. The Labute approximate surface area is 99.1 Å². The lowest BCUT2D eigenvalue weighted by Gasteiger charge is -2.05. The van der Waals surface area contributed by atoms with E-state index in [1.54, 1.807) is 0 Å². The van der Waals surface area contributed by atoms with Crippen molar-refractivity contribution in [3.05, 3.63) is 43.0 Å². The topological polar surface area (TPSA) is 59.6 Å². The molecule has 0 aliphatic heterocycles. The van der Waals surface area contributed by atoms with Gasteiger partial charge in [-0.15, -0.1) is 0 Å². The fraction of sp³-hybridized carbons (Fsp3) is 0.154. The van der Waals surface area contributed by atoms with E-state index < -0.39 is 0 Å². The van der Waals surface area contributed by atoms with Gasteiger partial charge in [0.15, 0.2) is 0 Å². The first-order valence-corrected chi connectivity index (χ1v) is 5.67. The van der Waals surface area contributed by atoms with E-state index in [0.29, 0.717) is 6.54 Å². The van der Waals surface area contributed by atoms with Gasteiger partial charge >= 0.3 is 0 Å². The van der Waals surface area contributed by atoms with Gasteiger partial charge in [-0.25, -0.2) is 4.98 Å². The number of H-pyrrole nitrogens is 1. The van der Waals surface area contributed by atoms with Gasteiger partial charge in [-0.3, -0.25) is 0 Å². The van der Waals surface area contributed by atoms with Gasteiger partial charge in [-0.05, 0) is 6.07 Å². The van der Waals surface area contributed by atoms with Crippen molar-refractivity contribution in [1.82, 2.24) is 14.5 Å². The predicted octanol–water partition coefficient (Wildman–Crippen LogP) is 1.99. The first-order valence-electron chi connectivity index (χ1n) is 5.67. The molecule has 0 radical (unpaired) electrons. The maximum atomic E-state index is 5.60. The van der Waals surface area contributed by atoms with Crippen LogP contribution in [0, 0.1) is 0 Å². The number of para-hydroxylation sites is 1. The number of hydrogen-bond donors (Lipinski definition) is 2. The van der Waals surface area contributed by atoms with Gasteiger partial charge in [0.25, 0.3) is 0 Å². The molecule has 2 heterocycles. The molecular formula is C13H14N4. The highest BCUT2D eigenvalue weighted by atomic mass is 15.1. The lowest BCUT2D eigenvalue weighted by atomic mass is 10.1. The minimum atomic E-state index is 0.617. The normalized spacial score (nSPS) is 11.1. The second-order valence-corrected chi connectivity index (χ2v) is 4.01. The summed E-state index contributed by atoms with van der Waals surface area (Å²) in [6.45, 7) is 1.40. The van der Waals surface area contributed by atoms with Crippen LogP contribution in [0.4, 0.5) is 0 Å². The third-order valence-corrected chi connectivity index (χ3v) is 2.95. The van der Waals surface area contributed by atoms with E-state index in [-0.39, 0.29) is 0 Å². The van der Waals surface area contributed by atoms with Crippen molar-refractivity contribution in [3.63, 3.8) is 0 Å². The summed E-state index contributed by atoms with van der Waals surface area (Å²) >= 11 is 0. The third-order valence-electron chi connectivity index (χ3n) is 2.95. The highest BCUT2D eigenvalue weighted by molar-refractivity contribution is 5.94. The van der Waals surface area contributed by atoms with E-state index in [1.807, 2.05) is 30.9 Å². The molecule has 0 saturated heterocycles. The summed E-state index contributed by atoms with van der Waals surface area (Å²) in [4.78, 5) is 7.47. The van der Waals surface area contributed by atoms with Crippen molar-refractivity contribution < 1.29 is 0 Å². The quantitative estimate of drug-likeness (QED) is 0.717. The number of imidazole rings is 1. The number of nitrogens with two attached hydrogens (primary N) is 1. The van der Waals surface area contributed by atoms with Crippen molar-refractivity contribution >= 4 is 10.9 Å². The van der Waals surface area contributed by atoms with Gasteiger partial charge < -0.3 is 15.3 Å². The summed E-state index contributed by atoms with van der Waals surface area (Å²) in [6.07, 6.45) is 5.73. The number of hydrogen-bond acceptors (Lipinski definition) is 2. The van der Waals surface area contributed by atoms with Crippen LogP contribution in [0.25, 0.3) is 22.2 Å². The van der Waals surface area contributed by atoms with Crippen LogP contribution in [0.1, 0.15) is 0 Å². The summed E-state index contributed by atoms with van der Waals surface area (Å²) in [5.41, 5.74) is 9.02. The molecule has 0 saturated carbocycles. The molecule has 0 spiro atoms. The van der Waals surface area contributed by atoms with Crippen molar-refractivity contribution in [2.45, 2.75) is 6.54 Å². The van der Waals surface area contributed by atoms with Gasteiger partial charge in [0.2, 0.25) is 0 Å². The lowest BCUT2D eigenvalue weighted by molar-refractivity contribution is 0.714. The summed E-state index contributed by atoms with van der Waals surface area (Å²) in [5.74, 6) is 0. The van der Waals surface area contributed by atoms with E-state index >= 15 is 0 Å².